The number of aromatic nitrogens is 2. The van der Waals surface area contributed by atoms with Crippen molar-refractivity contribution in [3.05, 3.63) is 46.1 Å². The minimum Gasteiger partial charge on any atom is -0.334 e. The van der Waals surface area contributed by atoms with Crippen LogP contribution >= 0.6 is 11.3 Å². The molecule has 1 aliphatic rings. The first kappa shape index (κ1) is 21.7. The van der Waals surface area contributed by atoms with Crippen molar-refractivity contribution in [2.45, 2.75) is 33.6 Å². The number of quaternary nitrogens is 1. The first-order valence-electron chi connectivity index (χ1n) is 11.0. The molecule has 3 aromatic rings. The van der Waals surface area contributed by atoms with Crippen LogP contribution in [0.5, 0.6) is 0 Å². The van der Waals surface area contributed by atoms with Crippen LogP contribution in [0, 0.1) is 13.8 Å². The number of benzene rings is 1. The second kappa shape index (κ2) is 8.55. The van der Waals surface area contributed by atoms with Gasteiger partial charge in [-0.15, -0.1) is 11.3 Å². The van der Waals surface area contributed by atoms with Crippen LogP contribution < -0.4 is 9.80 Å². The lowest BCUT2D eigenvalue weighted by atomic mass is 10.0. The van der Waals surface area contributed by atoms with Crippen molar-refractivity contribution in [2.75, 3.05) is 45.2 Å². The summed E-state index contributed by atoms with van der Waals surface area (Å²) < 4.78 is 0. The number of carbonyl (C=O) groups is 1. The second-order valence-corrected chi connectivity index (χ2v) is 9.88. The summed E-state index contributed by atoms with van der Waals surface area (Å²) in [7, 11) is 4.22. The lowest BCUT2D eigenvalue weighted by Crippen LogP contribution is -3.12. The molecule has 0 saturated carbocycles. The first-order valence-corrected chi connectivity index (χ1v) is 11.8. The van der Waals surface area contributed by atoms with Gasteiger partial charge in [-0.1, -0.05) is 26.0 Å². The summed E-state index contributed by atoms with van der Waals surface area (Å²) in [4.78, 5) is 30.0. The Balaban J connectivity index is 1.73. The average Bonchev–Trinajstić information content (AvgIpc) is 3.08. The molecule has 31 heavy (non-hydrogen) atoms. The molecule has 6 nitrogen and oxygen atoms in total. The predicted molar refractivity (Wildman–Crippen MR) is 128 cm³/mol. The zero-order valence-corrected chi connectivity index (χ0v) is 20.1. The van der Waals surface area contributed by atoms with Gasteiger partial charge in [0.1, 0.15) is 16.5 Å². The summed E-state index contributed by atoms with van der Waals surface area (Å²) in [5.74, 6) is 2.20. The van der Waals surface area contributed by atoms with Crippen LogP contribution in [-0.2, 0) is 0 Å². The molecule has 0 atom stereocenters. The standard InChI is InChI=1S/C24H31N5OS/c1-15(2)18-7-9-19(10-8-18)28(6)22-20-16(3)21(31-23(20)26-17(4)25-22)24(30)29-13-11-27(5)12-14-29/h7-10,15H,11-14H2,1-6H3/p+1. The molecule has 0 spiro atoms. The van der Waals surface area contributed by atoms with Gasteiger partial charge in [-0.25, -0.2) is 9.97 Å². The zero-order chi connectivity index (χ0) is 22.3. The normalized spacial score (nSPS) is 15.1. The molecule has 2 aromatic heterocycles. The Morgan fingerprint density at radius 2 is 1.77 bits per heavy atom. The minimum atomic E-state index is 0.126. The summed E-state index contributed by atoms with van der Waals surface area (Å²) in [6.45, 7) is 11.9. The predicted octanol–water partition coefficient (Wildman–Crippen LogP) is 3.17. The highest BCUT2D eigenvalue weighted by atomic mass is 32.1. The molecule has 1 N–H and O–H groups in total. The minimum absolute atomic E-state index is 0.126. The Kier molecular flexibility index (Phi) is 5.99. The maximum Gasteiger partial charge on any atom is 0.264 e. The van der Waals surface area contributed by atoms with E-state index in [-0.39, 0.29) is 5.91 Å². The van der Waals surface area contributed by atoms with Crippen molar-refractivity contribution in [1.82, 2.24) is 14.9 Å². The van der Waals surface area contributed by atoms with Gasteiger partial charge in [0.2, 0.25) is 0 Å². The Morgan fingerprint density at radius 1 is 1.13 bits per heavy atom. The lowest BCUT2D eigenvalue weighted by molar-refractivity contribution is -0.883. The third kappa shape index (κ3) is 4.16. The van der Waals surface area contributed by atoms with E-state index in [9.17, 15) is 4.79 Å². The Labute approximate surface area is 188 Å². The number of thiophene rings is 1. The van der Waals surface area contributed by atoms with E-state index in [0.717, 1.165) is 64.2 Å². The number of nitrogens with one attached hydrogen (secondary N) is 1. The van der Waals surface area contributed by atoms with Crippen LogP contribution in [0.25, 0.3) is 10.2 Å². The topological polar surface area (TPSA) is 53.8 Å². The zero-order valence-electron chi connectivity index (χ0n) is 19.3. The number of hydrogen-bond acceptors (Lipinski definition) is 5. The van der Waals surface area contributed by atoms with Gasteiger partial charge in [-0.2, -0.15) is 0 Å². The van der Waals surface area contributed by atoms with Gasteiger partial charge in [0.25, 0.3) is 5.91 Å². The summed E-state index contributed by atoms with van der Waals surface area (Å²) in [5.41, 5.74) is 3.37. The third-order valence-corrected chi connectivity index (χ3v) is 7.42. The molecule has 7 heteroatoms. The van der Waals surface area contributed by atoms with Gasteiger partial charge < -0.3 is 14.7 Å². The smallest absolute Gasteiger partial charge is 0.264 e. The number of aryl methyl sites for hydroxylation is 2. The highest BCUT2D eigenvalue weighted by Crippen LogP contribution is 2.38. The fourth-order valence-electron chi connectivity index (χ4n) is 4.11. The number of fused-ring (bicyclic) bond motifs is 1. The van der Waals surface area contributed by atoms with E-state index in [0.29, 0.717) is 5.92 Å². The van der Waals surface area contributed by atoms with E-state index in [1.165, 1.54) is 21.8 Å². The number of nitrogens with zero attached hydrogens (tertiary/aromatic N) is 4. The number of amides is 1. The molecular weight excluding hydrogens is 406 g/mol. The SMILES string of the molecule is Cc1nc(N(C)c2ccc(C(C)C)cc2)c2c(C)c(C(=O)N3CC[NH+](C)CC3)sc2n1. The molecule has 0 bridgehead atoms. The third-order valence-electron chi connectivity index (χ3n) is 6.25. The molecule has 3 heterocycles. The van der Waals surface area contributed by atoms with Crippen molar-refractivity contribution in [3.8, 4) is 0 Å². The summed E-state index contributed by atoms with van der Waals surface area (Å²) in [5, 5.41) is 0.981. The van der Waals surface area contributed by atoms with E-state index in [1.54, 1.807) is 0 Å². The molecule has 164 valence electrons. The maximum absolute atomic E-state index is 13.3. The van der Waals surface area contributed by atoms with Gasteiger partial charge in [0, 0.05) is 12.7 Å². The summed E-state index contributed by atoms with van der Waals surface area (Å²) in [6.07, 6.45) is 0. The fraction of sp³-hybridized carbons (Fsp3) is 0.458. The van der Waals surface area contributed by atoms with E-state index in [4.69, 9.17) is 4.98 Å². The number of piperazine rings is 1. The average molecular weight is 439 g/mol. The Morgan fingerprint density at radius 3 is 2.39 bits per heavy atom. The van der Waals surface area contributed by atoms with Crippen molar-refractivity contribution in [2.24, 2.45) is 0 Å². The van der Waals surface area contributed by atoms with Crippen LogP contribution in [0.3, 0.4) is 0 Å². The highest BCUT2D eigenvalue weighted by molar-refractivity contribution is 7.20. The fourth-order valence-corrected chi connectivity index (χ4v) is 5.30. The largest absolute Gasteiger partial charge is 0.334 e. The van der Waals surface area contributed by atoms with Crippen molar-refractivity contribution >= 4 is 39.0 Å². The number of likely N-dealkylation sites (N-methyl/N-ethyl adjacent to an activating group) is 1. The molecule has 1 aliphatic heterocycles. The van der Waals surface area contributed by atoms with Gasteiger partial charge in [0.05, 0.1) is 43.5 Å². The van der Waals surface area contributed by atoms with E-state index >= 15 is 0 Å². The number of anilines is 2. The quantitative estimate of drug-likeness (QED) is 0.680. The molecule has 0 unspecified atom stereocenters. The van der Waals surface area contributed by atoms with Gasteiger partial charge in [-0.3, -0.25) is 4.79 Å². The van der Waals surface area contributed by atoms with Crippen LogP contribution in [0.4, 0.5) is 11.5 Å². The molecule has 0 radical (unpaired) electrons. The maximum atomic E-state index is 13.3. The van der Waals surface area contributed by atoms with Crippen LogP contribution in [0.2, 0.25) is 0 Å². The van der Waals surface area contributed by atoms with E-state index < -0.39 is 0 Å². The summed E-state index contributed by atoms with van der Waals surface area (Å²) in [6, 6.07) is 8.62. The Bertz CT molecular complexity index is 1100. The Hall–Kier alpha value is -2.51. The van der Waals surface area contributed by atoms with Crippen LogP contribution in [-0.4, -0.2) is 61.0 Å². The molecule has 1 saturated heterocycles. The first-order chi connectivity index (χ1) is 14.8. The highest BCUT2D eigenvalue weighted by Gasteiger charge is 2.28. The van der Waals surface area contributed by atoms with Gasteiger partial charge in [0.15, 0.2) is 0 Å². The number of carbonyl (C=O) groups excluding carboxylic acids is 1. The molecule has 4 rings (SSSR count). The molecule has 1 aromatic carbocycles. The van der Waals surface area contributed by atoms with Gasteiger partial charge >= 0.3 is 0 Å². The molecule has 1 fully saturated rings. The molecule has 0 aliphatic carbocycles. The van der Waals surface area contributed by atoms with E-state index in [1.807, 2.05) is 25.8 Å². The molecule has 1 amide bonds. The summed E-state index contributed by atoms with van der Waals surface area (Å²) >= 11 is 1.50. The monoisotopic (exact) mass is 438 g/mol. The molecular formula is C24H32N5OS+. The van der Waals surface area contributed by atoms with Crippen molar-refractivity contribution < 1.29 is 9.69 Å². The van der Waals surface area contributed by atoms with Crippen LogP contribution in [0.15, 0.2) is 24.3 Å². The van der Waals surface area contributed by atoms with Crippen LogP contribution in [0.1, 0.15) is 46.4 Å². The lowest BCUT2D eigenvalue weighted by Gasteiger charge is -2.29. The van der Waals surface area contributed by atoms with E-state index in [2.05, 4.69) is 55.0 Å². The number of hydrogen-bond donors (Lipinski definition) is 1. The second-order valence-electron chi connectivity index (χ2n) is 8.89. The van der Waals surface area contributed by atoms with Crippen molar-refractivity contribution in [1.29, 1.82) is 0 Å². The van der Waals surface area contributed by atoms with Crippen molar-refractivity contribution in [3.63, 3.8) is 0 Å². The van der Waals surface area contributed by atoms with Gasteiger partial charge in [-0.05, 0) is 43.0 Å². The number of rotatable bonds is 4.